The number of aromatic nitrogens is 1. The first-order valence-electron chi connectivity index (χ1n) is 8.73. The number of esters is 1. The molecule has 0 saturated carbocycles. The van der Waals surface area contributed by atoms with Gasteiger partial charge in [-0.1, -0.05) is 11.3 Å². The number of nitrogens with one attached hydrogen (secondary N) is 2. The average molecular weight is 428 g/mol. The van der Waals surface area contributed by atoms with Gasteiger partial charge in [0.15, 0.2) is 5.13 Å². The van der Waals surface area contributed by atoms with E-state index in [0.29, 0.717) is 42.4 Å². The molecule has 0 unspecified atom stereocenters. The maximum atomic E-state index is 12.3. The Bertz CT molecular complexity index is 966. The molecule has 2 aromatic rings. The van der Waals surface area contributed by atoms with Crippen LogP contribution in [0.2, 0.25) is 0 Å². The SMILES string of the molecule is COC(=O)CCS(=O)(=O)Nc1ccc2nc(NC(=O)C3CCOCC3)sc2c1. The highest BCUT2D eigenvalue weighted by molar-refractivity contribution is 7.92. The average Bonchev–Trinajstić information content (AvgIpc) is 3.08. The zero-order chi connectivity index (χ0) is 20.1. The van der Waals surface area contributed by atoms with E-state index >= 15 is 0 Å². The Morgan fingerprint density at radius 2 is 2.07 bits per heavy atom. The van der Waals surface area contributed by atoms with Crippen molar-refractivity contribution in [3.63, 3.8) is 0 Å². The summed E-state index contributed by atoms with van der Waals surface area (Å²) in [6.07, 6.45) is 1.15. The number of carbonyl (C=O) groups is 2. The Morgan fingerprint density at radius 3 is 2.79 bits per heavy atom. The van der Waals surface area contributed by atoms with Crippen molar-refractivity contribution in [2.24, 2.45) is 5.92 Å². The predicted octanol–water partition coefficient (Wildman–Crippen LogP) is 1.97. The predicted molar refractivity (Wildman–Crippen MR) is 106 cm³/mol. The second-order valence-electron chi connectivity index (χ2n) is 6.32. The Kier molecular flexibility index (Phi) is 6.47. The van der Waals surface area contributed by atoms with E-state index in [1.807, 2.05) is 0 Å². The van der Waals surface area contributed by atoms with Gasteiger partial charge in [0.2, 0.25) is 15.9 Å². The molecule has 1 aliphatic heterocycles. The molecule has 1 amide bonds. The standard InChI is InChI=1S/C17H21N3O6S2/c1-25-15(21)6-9-28(23,24)20-12-2-3-13-14(10-12)27-17(18-13)19-16(22)11-4-7-26-8-5-11/h2-3,10-11,20H,4-9H2,1H3,(H,18,19,22). The Labute approximate surface area is 166 Å². The zero-order valence-corrected chi connectivity index (χ0v) is 16.9. The van der Waals surface area contributed by atoms with Crippen LogP contribution in [0, 0.1) is 5.92 Å². The highest BCUT2D eigenvalue weighted by Gasteiger charge is 2.22. The van der Waals surface area contributed by atoms with Gasteiger partial charge in [-0.15, -0.1) is 0 Å². The first-order chi connectivity index (χ1) is 13.4. The summed E-state index contributed by atoms with van der Waals surface area (Å²) in [5, 5.41) is 3.30. The van der Waals surface area contributed by atoms with Gasteiger partial charge in [-0.3, -0.25) is 14.3 Å². The van der Waals surface area contributed by atoms with Gasteiger partial charge < -0.3 is 14.8 Å². The van der Waals surface area contributed by atoms with Crippen LogP contribution in [0.5, 0.6) is 0 Å². The second-order valence-corrected chi connectivity index (χ2v) is 9.20. The van der Waals surface area contributed by atoms with Gasteiger partial charge in [0.25, 0.3) is 0 Å². The lowest BCUT2D eigenvalue weighted by Crippen LogP contribution is -2.28. The van der Waals surface area contributed by atoms with Crippen LogP contribution in [0.4, 0.5) is 10.8 Å². The van der Waals surface area contributed by atoms with E-state index in [-0.39, 0.29) is 24.0 Å². The van der Waals surface area contributed by atoms with E-state index in [2.05, 4.69) is 19.8 Å². The van der Waals surface area contributed by atoms with Crippen LogP contribution in [-0.4, -0.2) is 51.4 Å². The minimum atomic E-state index is -3.68. The molecule has 1 aromatic carbocycles. The molecule has 0 spiro atoms. The normalized spacial score (nSPS) is 15.3. The van der Waals surface area contributed by atoms with E-state index in [1.54, 1.807) is 18.2 Å². The summed E-state index contributed by atoms with van der Waals surface area (Å²) < 4.78 is 37.0. The van der Waals surface area contributed by atoms with Crippen molar-refractivity contribution >= 4 is 54.3 Å². The maximum Gasteiger partial charge on any atom is 0.306 e. The fourth-order valence-corrected chi connectivity index (χ4v) is 4.69. The number of hydrogen-bond donors (Lipinski definition) is 2. The molecule has 2 N–H and O–H groups in total. The largest absolute Gasteiger partial charge is 0.469 e. The van der Waals surface area contributed by atoms with Gasteiger partial charge in [-0.2, -0.15) is 0 Å². The molecule has 9 nitrogen and oxygen atoms in total. The lowest BCUT2D eigenvalue weighted by Gasteiger charge is -2.20. The Hall–Kier alpha value is -2.24. The third kappa shape index (κ3) is 5.40. The Balaban J connectivity index is 1.66. The number of nitrogens with zero attached hydrogens (tertiary/aromatic N) is 1. The van der Waals surface area contributed by atoms with Gasteiger partial charge in [-0.25, -0.2) is 13.4 Å². The number of amides is 1. The number of thiazole rings is 1. The maximum absolute atomic E-state index is 12.3. The fraction of sp³-hybridized carbons (Fsp3) is 0.471. The van der Waals surface area contributed by atoms with Gasteiger partial charge in [0.05, 0.1) is 35.2 Å². The van der Waals surface area contributed by atoms with E-state index in [1.165, 1.54) is 18.4 Å². The summed E-state index contributed by atoms with van der Waals surface area (Å²) in [7, 11) is -2.48. The molecule has 0 aliphatic carbocycles. The molecule has 0 radical (unpaired) electrons. The van der Waals surface area contributed by atoms with Crippen LogP contribution in [0.15, 0.2) is 18.2 Å². The Morgan fingerprint density at radius 1 is 1.32 bits per heavy atom. The monoisotopic (exact) mass is 427 g/mol. The minimum Gasteiger partial charge on any atom is -0.469 e. The van der Waals surface area contributed by atoms with Gasteiger partial charge in [0.1, 0.15) is 0 Å². The molecule has 0 bridgehead atoms. The van der Waals surface area contributed by atoms with Crippen molar-refractivity contribution in [1.82, 2.24) is 4.98 Å². The first-order valence-corrected chi connectivity index (χ1v) is 11.2. The summed E-state index contributed by atoms with van der Waals surface area (Å²) in [6.45, 7) is 1.16. The van der Waals surface area contributed by atoms with Crippen LogP contribution >= 0.6 is 11.3 Å². The third-order valence-corrected chi connectivity index (χ3v) is 6.51. The highest BCUT2D eigenvalue weighted by Crippen LogP contribution is 2.29. The molecule has 1 saturated heterocycles. The third-order valence-electron chi connectivity index (χ3n) is 4.29. The molecule has 152 valence electrons. The molecule has 11 heteroatoms. The number of rotatable bonds is 7. The molecule has 2 heterocycles. The van der Waals surface area contributed by atoms with Crippen LogP contribution in [0.3, 0.4) is 0 Å². The van der Waals surface area contributed by atoms with Crippen LogP contribution in [-0.2, 0) is 29.1 Å². The smallest absolute Gasteiger partial charge is 0.306 e. The lowest BCUT2D eigenvalue weighted by atomic mass is 10.00. The molecular formula is C17H21N3O6S2. The van der Waals surface area contributed by atoms with Gasteiger partial charge in [0, 0.05) is 19.1 Å². The highest BCUT2D eigenvalue weighted by atomic mass is 32.2. The quantitative estimate of drug-likeness (QED) is 0.647. The van der Waals surface area contributed by atoms with Crippen molar-refractivity contribution < 1.29 is 27.5 Å². The van der Waals surface area contributed by atoms with E-state index < -0.39 is 16.0 Å². The molecule has 1 fully saturated rings. The molecule has 1 aliphatic rings. The van der Waals surface area contributed by atoms with Crippen molar-refractivity contribution in [2.45, 2.75) is 19.3 Å². The molecule has 3 rings (SSSR count). The van der Waals surface area contributed by atoms with E-state index in [9.17, 15) is 18.0 Å². The van der Waals surface area contributed by atoms with Crippen LogP contribution in [0.1, 0.15) is 19.3 Å². The summed E-state index contributed by atoms with van der Waals surface area (Å²) in [4.78, 5) is 27.8. The number of hydrogen-bond acceptors (Lipinski definition) is 8. The summed E-state index contributed by atoms with van der Waals surface area (Å²) in [5.74, 6) is -1.12. The second kappa shape index (κ2) is 8.84. The van der Waals surface area contributed by atoms with Crippen molar-refractivity contribution in [1.29, 1.82) is 0 Å². The van der Waals surface area contributed by atoms with Gasteiger partial charge in [-0.05, 0) is 31.0 Å². The van der Waals surface area contributed by atoms with Crippen molar-refractivity contribution in [3.8, 4) is 0 Å². The number of anilines is 2. The first kappa shape index (κ1) is 20.5. The number of benzene rings is 1. The summed E-state index contributed by atoms with van der Waals surface area (Å²) in [5.41, 5.74) is 1.02. The van der Waals surface area contributed by atoms with Gasteiger partial charge >= 0.3 is 5.97 Å². The van der Waals surface area contributed by atoms with E-state index in [0.717, 1.165) is 4.70 Å². The molecule has 28 heavy (non-hydrogen) atoms. The van der Waals surface area contributed by atoms with Crippen LogP contribution in [0.25, 0.3) is 10.2 Å². The number of methoxy groups -OCH3 is 1. The molecule has 0 atom stereocenters. The van der Waals surface area contributed by atoms with Crippen molar-refractivity contribution in [3.05, 3.63) is 18.2 Å². The lowest BCUT2D eigenvalue weighted by molar-refractivity contribution is -0.140. The van der Waals surface area contributed by atoms with E-state index in [4.69, 9.17) is 4.74 Å². The summed E-state index contributed by atoms with van der Waals surface area (Å²) >= 11 is 1.27. The number of ether oxygens (including phenoxy) is 2. The number of carbonyl (C=O) groups excluding carboxylic acids is 2. The minimum absolute atomic E-state index is 0.0777. The summed E-state index contributed by atoms with van der Waals surface area (Å²) in [6, 6.07) is 4.91. The fourth-order valence-electron chi connectivity index (χ4n) is 2.76. The molecular weight excluding hydrogens is 406 g/mol. The number of fused-ring (bicyclic) bond motifs is 1. The topological polar surface area (TPSA) is 124 Å². The van der Waals surface area contributed by atoms with Crippen LogP contribution < -0.4 is 10.0 Å². The molecule has 1 aromatic heterocycles. The number of sulfonamides is 1. The zero-order valence-electron chi connectivity index (χ0n) is 15.3. The van der Waals surface area contributed by atoms with Crippen molar-refractivity contribution in [2.75, 3.05) is 36.1 Å².